The molecule has 4 heteroatoms. The Morgan fingerprint density at radius 1 is 1.50 bits per heavy atom. The number of methoxy groups -OCH3 is 1. The van der Waals surface area contributed by atoms with Gasteiger partial charge in [0.25, 0.3) is 0 Å². The minimum atomic E-state index is -0.422. The summed E-state index contributed by atoms with van der Waals surface area (Å²) in [4.78, 5) is 0. The lowest BCUT2D eigenvalue weighted by molar-refractivity contribution is 0.333. The van der Waals surface area contributed by atoms with Gasteiger partial charge in [0.15, 0.2) is 11.6 Å². The summed E-state index contributed by atoms with van der Waals surface area (Å²) in [5.74, 6) is 0.537. The summed E-state index contributed by atoms with van der Waals surface area (Å²) in [5, 5.41) is 3.25. The molecule has 1 aromatic rings. The van der Waals surface area contributed by atoms with E-state index in [-0.39, 0.29) is 5.75 Å². The van der Waals surface area contributed by atoms with E-state index in [1.54, 1.807) is 6.07 Å². The van der Waals surface area contributed by atoms with Crippen LogP contribution in [0, 0.1) is 11.7 Å². The maximum Gasteiger partial charge on any atom is 0.167 e. The molecule has 0 amide bonds. The van der Waals surface area contributed by atoms with Gasteiger partial charge in [-0.2, -0.15) is 0 Å². The molecule has 1 aromatic carbocycles. The molecule has 1 aliphatic carbocycles. The molecule has 16 heavy (non-hydrogen) atoms. The molecule has 0 atom stereocenters. The molecule has 3 nitrogen and oxygen atoms in total. The molecular formula is C12H17FN2O. The number of halogens is 1. The van der Waals surface area contributed by atoms with Crippen molar-refractivity contribution in [2.45, 2.75) is 19.3 Å². The predicted molar refractivity (Wildman–Crippen MR) is 63.2 cm³/mol. The SMILES string of the molecule is COc1cc(NCC2CCC2)c(N)cc1F. The normalized spacial score (nSPS) is 15.6. The molecule has 0 bridgehead atoms. The molecule has 2 rings (SSSR count). The third kappa shape index (κ3) is 2.21. The lowest BCUT2D eigenvalue weighted by atomic mass is 9.85. The van der Waals surface area contributed by atoms with Crippen molar-refractivity contribution in [2.75, 3.05) is 24.7 Å². The third-order valence-electron chi connectivity index (χ3n) is 3.13. The summed E-state index contributed by atoms with van der Waals surface area (Å²) in [6.45, 7) is 0.902. The maximum absolute atomic E-state index is 13.3. The van der Waals surface area contributed by atoms with Crippen molar-refractivity contribution < 1.29 is 9.13 Å². The number of ether oxygens (including phenoxy) is 1. The second kappa shape index (κ2) is 4.60. The Hall–Kier alpha value is -1.45. The third-order valence-corrected chi connectivity index (χ3v) is 3.13. The topological polar surface area (TPSA) is 47.3 Å². The molecule has 0 saturated heterocycles. The quantitative estimate of drug-likeness (QED) is 0.773. The summed E-state index contributed by atoms with van der Waals surface area (Å²) in [5.41, 5.74) is 6.92. The molecule has 1 fully saturated rings. The van der Waals surface area contributed by atoms with Crippen molar-refractivity contribution in [3.05, 3.63) is 17.9 Å². The average molecular weight is 224 g/mol. The van der Waals surface area contributed by atoms with Crippen LogP contribution in [0.1, 0.15) is 19.3 Å². The monoisotopic (exact) mass is 224 g/mol. The summed E-state index contributed by atoms with van der Waals surface area (Å²) >= 11 is 0. The van der Waals surface area contributed by atoms with Crippen LogP contribution in [0.5, 0.6) is 5.75 Å². The van der Waals surface area contributed by atoms with E-state index in [0.29, 0.717) is 5.69 Å². The lowest BCUT2D eigenvalue weighted by Crippen LogP contribution is -2.21. The van der Waals surface area contributed by atoms with E-state index in [1.165, 1.54) is 32.4 Å². The number of nitrogens with two attached hydrogens (primary N) is 1. The highest BCUT2D eigenvalue weighted by molar-refractivity contribution is 5.68. The van der Waals surface area contributed by atoms with Gasteiger partial charge in [0.1, 0.15) is 0 Å². The smallest absolute Gasteiger partial charge is 0.167 e. The van der Waals surface area contributed by atoms with Gasteiger partial charge < -0.3 is 15.8 Å². The lowest BCUT2D eigenvalue weighted by Gasteiger charge is -2.26. The Labute approximate surface area is 94.8 Å². The molecule has 0 aromatic heterocycles. The van der Waals surface area contributed by atoms with Gasteiger partial charge in [0.2, 0.25) is 0 Å². The standard InChI is InChI=1S/C12H17FN2O/c1-16-12-6-11(10(14)5-9(12)13)15-7-8-3-2-4-8/h5-6,8,15H,2-4,7,14H2,1H3. The van der Waals surface area contributed by atoms with E-state index < -0.39 is 5.82 Å². The van der Waals surface area contributed by atoms with Gasteiger partial charge in [-0.3, -0.25) is 0 Å². The molecule has 1 aliphatic rings. The Morgan fingerprint density at radius 2 is 2.25 bits per heavy atom. The zero-order valence-corrected chi connectivity index (χ0v) is 9.42. The zero-order valence-electron chi connectivity index (χ0n) is 9.42. The predicted octanol–water partition coefficient (Wildman–Crippen LogP) is 2.63. The van der Waals surface area contributed by atoms with Gasteiger partial charge in [-0.1, -0.05) is 6.42 Å². The van der Waals surface area contributed by atoms with Gasteiger partial charge >= 0.3 is 0 Å². The van der Waals surface area contributed by atoms with Crippen LogP contribution in [0.25, 0.3) is 0 Å². The number of hydrogen-bond acceptors (Lipinski definition) is 3. The Balaban J connectivity index is 2.06. The fourth-order valence-electron chi connectivity index (χ4n) is 1.83. The number of anilines is 2. The number of nitrogens with one attached hydrogen (secondary N) is 1. The van der Waals surface area contributed by atoms with Crippen LogP contribution in [0.2, 0.25) is 0 Å². The summed E-state index contributed by atoms with van der Waals surface area (Å²) < 4.78 is 18.2. The highest BCUT2D eigenvalue weighted by atomic mass is 19.1. The maximum atomic E-state index is 13.3. The largest absolute Gasteiger partial charge is 0.494 e. The molecule has 0 heterocycles. The molecule has 0 unspecified atom stereocenters. The van der Waals surface area contributed by atoms with Crippen molar-refractivity contribution in [1.29, 1.82) is 0 Å². The molecule has 0 spiro atoms. The van der Waals surface area contributed by atoms with Crippen molar-refractivity contribution in [2.24, 2.45) is 5.92 Å². The molecule has 0 aliphatic heterocycles. The van der Waals surface area contributed by atoms with E-state index in [1.807, 2.05) is 0 Å². The second-order valence-electron chi connectivity index (χ2n) is 4.25. The molecule has 88 valence electrons. The van der Waals surface area contributed by atoms with Crippen molar-refractivity contribution in [3.8, 4) is 5.75 Å². The van der Waals surface area contributed by atoms with Crippen LogP contribution in [0.3, 0.4) is 0 Å². The van der Waals surface area contributed by atoms with Crippen LogP contribution in [-0.4, -0.2) is 13.7 Å². The van der Waals surface area contributed by atoms with Crippen molar-refractivity contribution in [3.63, 3.8) is 0 Å². The van der Waals surface area contributed by atoms with Gasteiger partial charge in [0.05, 0.1) is 18.5 Å². The number of rotatable bonds is 4. The van der Waals surface area contributed by atoms with Crippen molar-refractivity contribution >= 4 is 11.4 Å². The van der Waals surface area contributed by atoms with Gasteiger partial charge in [-0.25, -0.2) is 4.39 Å². The summed E-state index contributed by atoms with van der Waals surface area (Å²) in [7, 11) is 1.45. The van der Waals surface area contributed by atoms with E-state index in [9.17, 15) is 4.39 Å². The first kappa shape index (κ1) is 11.0. The second-order valence-corrected chi connectivity index (χ2v) is 4.25. The molecule has 3 N–H and O–H groups in total. The molecule has 0 radical (unpaired) electrons. The molecule has 1 saturated carbocycles. The first-order chi connectivity index (χ1) is 7.70. The summed E-state index contributed by atoms with van der Waals surface area (Å²) in [6.07, 6.45) is 3.85. The number of nitrogen functional groups attached to an aromatic ring is 1. The average Bonchev–Trinajstić information content (AvgIpc) is 2.18. The Bertz CT molecular complexity index is 378. The van der Waals surface area contributed by atoms with Gasteiger partial charge in [0, 0.05) is 18.7 Å². The van der Waals surface area contributed by atoms with Crippen LogP contribution in [0.15, 0.2) is 12.1 Å². The highest BCUT2D eigenvalue weighted by Gasteiger charge is 2.17. The highest BCUT2D eigenvalue weighted by Crippen LogP contribution is 2.30. The first-order valence-corrected chi connectivity index (χ1v) is 5.57. The summed E-state index contributed by atoms with van der Waals surface area (Å²) in [6, 6.07) is 2.91. The Kier molecular flexibility index (Phi) is 3.17. The fraction of sp³-hybridized carbons (Fsp3) is 0.500. The minimum Gasteiger partial charge on any atom is -0.494 e. The number of benzene rings is 1. The van der Waals surface area contributed by atoms with E-state index >= 15 is 0 Å². The zero-order chi connectivity index (χ0) is 11.5. The van der Waals surface area contributed by atoms with Gasteiger partial charge in [-0.05, 0) is 18.8 Å². The minimum absolute atomic E-state index is 0.227. The van der Waals surface area contributed by atoms with E-state index in [2.05, 4.69) is 5.32 Å². The molecular weight excluding hydrogens is 207 g/mol. The van der Waals surface area contributed by atoms with Crippen LogP contribution in [0.4, 0.5) is 15.8 Å². The number of hydrogen-bond donors (Lipinski definition) is 2. The van der Waals surface area contributed by atoms with E-state index in [4.69, 9.17) is 10.5 Å². The van der Waals surface area contributed by atoms with Crippen molar-refractivity contribution in [1.82, 2.24) is 0 Å². The van der Waals surface area contributed by atoms with Crippen LogP contribution >= 0.6 is 0 Å². The Morgan fingerprint density at radius 3 is 2.81 bits per heavy atom. The van der Waals surface area contributed by atoms with Crippen LogP contribution in [-0.2, 0) is 0 Å². The van der Waals surface area contributed by atoms with Crippen LogP contribution < -0.4 is 15.8 Å². The van der Waals surface area contributed by atoms with E-state index in [0.717, 1.165) is 18.2 Å². The van der Waals surface area contributed by atoms with Gasteiger partial charge in [-0.15, -0.1) is 0 Å². The fourth-order valence-corrected chi connectivity index (χ4v) is 1.83. The first-order valence-electron chi connectivity index (χ1n) is 5.57.